The van der Waals surface area contributed by atoms with Crippen LogP contribution in [0.5, 0.6) is 0 Å². The van der Waals surface area contributed by atoms with E-state index in [4.69, 9.17) is 0 Å². The van der Waals surface area contributed by atoms with Gasteiger partial charge < -0.3 is 5.32 Å². The predicted octanol–water partition coefficient (Wildman–Crippen LogP) is 3.43. The van der Waals surface area contributed by atoms with Gasteiger partial charge in [-0.15, -0.1) is 17.9 Å². The van der Waals surface area contributed by atoms with Crippen molar-refractivity contribution in [2.45, 2.75) is 34.1 Å². The summed E-state index contributed by atoms with van der Waals surface area (Å²) in [5.74, 6) is 0.690. The molecule has 2 nitrogen and oxygen atoms in total. The van der Waals surface area contributed by atoms with E-state index in [2.05, 4.69) is 50.7 Å². The van der Waals surface area contributed by atoms with Crippen LogP contribution in [0.4, 0.5) is 0 Å². The van der Waals surface area contributed by atoms with Crippen molar-refractivity contribution in [3.8, 4) is 0 Å². The number of aryl methyl sites for hydroxylation is 1. The predicted molar refractivity (Wildman–Crippen MR) is 76.6 cm³/mol. The molecule has 0 saturated heterocycles. The van der Waals surface area contributed by atoms with Gasteiger partial charge in [-0.2, -0.15) is 0 Å². The number of nitrogens with zero attached hydrogens (tertiary/aromatic N) is 1. The van der Waals surface area contributed by atoms with Crippen molar-refractivity contribution in [1.82, 2.24) is 10.3 Å². The van der Waals surface area contributed by atoms with E-state index < -0.39 is 0 Å². The average Bonchev–Trinajstić information content (AvgIpc) is 2.63. The fourth-order valence-electron chi connectivity index (χ4n) is 1.74. The lowest BCUT2D eigenvalue weighted by atomic mass is 9.86. The van der Waals surface area contributed by atoms with Crippen molar-refractivity contribution in [2.75, 3.05) is 13.1 Å². The fourth-order valence-corrected chi connectivity index (χ4v) is 2.73. The third-order valence-corrected chi connectivity index (χ3v) is 3.73. The Morgan fingerprint density at radius 1 is 1.59 bits per heavy atom. The molecule has 1 rings (SSSR count). The standard InChI is InChI=1S/C14H24N2S/c1-6-14(5,10-15-8-11(2)3)7-13-9-16-12(4)17-13/h6,9,11,15H,1,7-8,10H2,2-5H3. The highest BCUT2D eigenvalue weighted by molar-refractivity contribution is 7.11. The van der Waals surface area contributed by atoms with Crippen molar-refractivity contribution >= 4 is 11.3 Å². The number of aromatic nitrogens is 1. The monoisotopic (exact) mass is 252 g/mol. The first-order valence-corrected chi connectivity index (χ1v) is 7.02. The number of nitrogens with one attached hydrogen (secondary N) is 1. The minimum Gasteiger partial charge on any atom is -0.316 e. The Morgan fingerprint density at radius 3 is 2.76 bits per heavy atom. The lowest BCUT2D eigenvalue weighted by molar-refractivity contribution is 0.380. The third-order valence-electron chi connectivity index (χ3n) is 2.82. The molecule has 17 heavy (non-hydrogen) atoms. The topological polar surface area (TPSA) is 24.9 Å². The molecule has 0 aliphatic carbocycles. The van der Waals surface area contributed by atoms with Crippen molar-refractivity contribution in [1.29, 1.82) is 0 Å². The number of thiazole rings is 1. The lowest BCUT2D eigenvalue weighted by Gasteiger charge is -2.26. The quantitative estimate of drug-likeness (QED) is 0.752. The van der Waals surface area contributed by atoms with E-state index in [1.165, 1.54) is 4.88 Å². The number of hydrogen-bond donors (Lipinski definition) is 1. The Balaban J connectivity index is 2.53. The van der Waals surface area contributed by atoms with Crippen LogP contribution in [0.25, 0.3) is 0 Å². The van der Waals surface area contributed by atoms with E-state index in [1.54, 1.807) is 11.3 Å². The molecule has 3 heteroatoms. The maximum absolute atomic E-state index is 4.31. The average molecular weight is 252 g/mol. The highest BCUT2D eigenvalue weighted by atomic mass is 32.1. The Bertz CT molecular complexity index is 357. The SMILES string of the molecule is C=CC(C)(CNCC(C)C)Cc1cnc(C)s1. The van der Waals surface area contributed by atoms with Crippen LogP contribution < -0.4 is 5.32 Å². The van der Waals surface area contributed by atoms with Crippen LogP contribution in [0.2, 0.25) is 0 Å². The molecule has 0 aliphatic heterocycles. The molecule has 0 saturated carbocycles. The van der Waals surface area contributed by atoms with Crippen LogP contribution >= 0.6 is 11.3 Å². The molecule has 0 radical (unpaired) electrons. The minimum absolute atomic E-state index is 0.119. The molecule has 0 spiro atoms. The van der Waals surface area contributed by atoms with E-state index in [0.29, 0.717) is 5.92 Å². The molecule has 0 fully saturated rings. The summed E-state index contributed by atoms with van der Waals surface area (Å²) in [6, 6.07) is 0. The first-order valence-electron chi connectivity index (χ1n) is 6.21. The second-order valence-corrected chi connectivity index (χ2v) is 6.72. The van der Waals surface area contributed by atoms with Crippen LogP contribution in [-0.2, 0) is 6.42 Å². The maximum atomic E-state index is 4.31. The summed E-state index contributed by atoms with van der Waals surface area (Å²) in [5.41, 5.74) is 0.119. The van der Waals surface area contributed by atoms with Crippen LogP contribution in [0.3, 0.4) is 0 Å². The molecule has 1 N–H and O–H groups in total. The first kappa shape index (κ1) is 14.4. The van der Waals surface area contributed by atoms with Gasteiger partial charge in [-0.1, -0.05) is 26.8 Å². The summed E-state index contributed by atoms with van der Waals surface area (Å²) in [7, 11) is 0. The summed E-state index contributed by atoms with van der Waals surface area (Å²) in [6.45, 7) is 14.8. The molecule has 1 aromatic heterocycles. The Labute approximate surface area is 109 Å². The van der Waals surface area contributed by atoms with Gasteiger partial charge in [0.25, 0.3) is 0 Å². The summed E-state index contributed by atoms with van der Waals surface area (Å²) >= 11 is 1.78. The van der Waals surface area contributed by atoms with Gasteiger partial charge in [0.2, 0.25) is 0 Å². The third kappa shape index (κ3) is 5.00. The second kappa shape index (κ2) is 6.31. The molecular weight excluding hydrogens is 228 g/mol. The van der Waals surface area contributed by atoms with Gasteiger partial charge in [-0.25, -0.2) is 4.98 Å². The summed E-state index contributed by atoms with van der Waals surface area (Å²) in [6.07, 6.45) is 5.08. The molecule has 1 aromatic rings. The Hall–Kier alpha value is -0.670. The highest BCUT2D eigenvalue weighted by Crippen LogP contribution is 2.26. The van der Waals surface area contributed by atoms with Gasteiger partial charge in [-0.3, -0.25) is 0 Å². The normalized spacial score (nSPS) is 14.9. The first-order chi connectivity index (χ1) is 7.95. The van der Waals surface area contributed by atoms with Gasteiger partial charge in [0.05, 0.1) is 5.01 Å². The zero-order valence-corrected chi connectivity index (χ0v) is 12.2. The summed E-state index contributed by atoms with van der Waals surface area (Å²) in [4.78, 5) is 5.65. The van der Waals surface area contributed by atoms with Gasteiger partial charge >= 0.3 is 0 Å². The molecule has 96 valence electrons. The minimum atomic E-state index is 0.119. The fraction of sp³-hybridized carbons (Fsp3) is 0.643. The zero-order valence-electron chi connectivity index (χ0n) is 11.4. The van der Waals surface area contributed by atoms with E-state index in [1.807, 2.05) is 6.20 Å². The molecular formula is C14H24N2S. The van der Waals surface area contributed by atoms with Crippen LogP contribution in [0, 0.1) is 18.3 Å². The van der Waals surface area contributed by atoms with Crippen LogP contribution in [0.1, 0.15) is 30.7 Å². The summed E-state index contributed by atoms with van der Waals surface area (Å²) < 4.78 is 0. The van der Waals surface area contributed by atoms with Gasteiger partial charge in [-0.05, 0) is 25.8 Å². The number of rotatable bonds is 7. The van der Waals surface area contributed by atoms with E-state index in [-0.39, 0.29) is 5.41 Å². The van der Waals surface area contributed by atoms with E-state index in [9.17, 15) is 0 Å². The molecule has 1 unspecified atom stereocenters. The molecule has 0 aliphatic rings. The van der Waals surface area contributed by atoms with E-state index >= 15 is 0 Å². The highest BCUT2D eigenvalue weighted by Gasteiger charge is 2.21. The molecule has 1 heterocycles. The molecule has 0 bridgehead atoms. The summed E-state index contributed by atoms with van der Waals surface area (Å²) in [5, 5.41) is 4.66. The molecule has 1 atom stereocenters. The van der Waals surface area contributed by atoms with Gasteiger partial charge in [0, 0.05) is 23.0 Å². The Morgan fingerprint density at radius 2 is 2.29 bits per heavy atom. The largest absolute Gasteiger partial charge is 0.316 e. The van der Waals surface area contributed by atoms with Crippen molar-refractivity contribution in [2.24, 2.45) is 11.3 Å². The van der Waals surface area contributed by atoms with Crippen LogP contribution in [0.15, 0.2) is 18.9 Å². The van der Waals surface area contributed by atoms with Gasteiger partial charge in [0.1, 0.15) is 0 Å². The smallest absolute Gasteiger partial charge is 0.0896 e. The number of hydrogen-bond acceptors (Lipinski definition) is 3. The van der Waals surface area contributed by atoms with Crippen LogP contribution in [-0.4, -0.2) is 18.1 Å². The maximum Gasteiger partial charge on any atom is 0.0896 e. The zero-order chi connectivity index (χ0) is 12.9. The van der Waals surface area contributed by atoms with E-state index in [0.717, 1.165) is 24.5 Å². The van der Waals surface area contributed by atoms with Gasteiger partial charge in [0.15, 0.2) is 0 Å². The lowest BCUT2D eigenvalue weighted by Crippen LogP contribution is -2.33. The second-order valence-electron chi connectivity index (χ2n) is 5.41. The van der Waals surface area contributed by atoms with Crippen molar-refractivity contribution < 1.29 is 0 Å². The molecule has 0 aromatic carbocycles. The van der Waals surface area contributed by atoms with Crippen molar-refractivity contribution in [3.05, 3.63) is 28.7 Å². The Kier molecular flexibility index (Phi) is 5.34. The van der Waals surface area contributed by atoms with Crippen molar-refractivity contribution in [3.63, 3.8) is 0 Å². The molecule has 0 amide bonds.